The van der Waals surface area contributed by atoms with Gasteiger partial charge in [0.25, 0.3) is 0 Å². The summed E-state index contributed by atoms with van der Waals surface area (Å²) in [7, 11) is 6.43. The van der Waals surface area contributed by atoms with E-state index in [4.69, 9.17) is 14.2 Å². The van der Waals surface area contributed by atoms with Gasteiger partial charge in [-0.1, -0.05) is 73.1 Å². The number of benzene rings is 1. The van der Waals surface area contributed by atoms with Crippen molar-refractivity contribution in [2.75, 3.05) is 34.9 Å². The van der Waals surface area contributed by atoms with E-state index in [9.17, 15) is 28.4 Å². The maximum absolute atomic E-state index is 14.7. The average Bonchev–Trinajstić information content (AvgIpc) is 3.62. The summed E-state index contributed by atoms with van der Waals surface area (Å²) in [5, 5.41) is 8.80. The van der Waals surface area contributed by atoms with Crippen LogP contribution in [-0.4, -0.2) is 122 Å². The van der Waals surface area contributed by atoms with Crippen LogP contribution in [-0.2, 0) is 44.6 Å². The van der Waals surface area contributed by atoms with Crippen LogP contribution in [0.25, 0.3) is 0 Å². The van der Waals surface area contributed by atoms with E-state index in [-0.39, 0.29) is 53.9 Å². The number of esters is 1. The molecule has 0 bridgehead atoms. The smallest absolute Gasteiger partial charge is 0.329 e. The van der Waals surface area contributed by atoms with Gasteiger partial charge in [-0.05, 0) is 70.0 Å². The summed E-state index contributed by atoms with van der Waals surface area (Å²) in [4.78, 5) is 72.2. The van der Waals surface area contributed by atoms with Crippen molar-refractivity contribution in [2.45, 2.75) is 149 Å². The topological polar surface area (TPSA) is 156 Å². The van der Waals surface area contributed by atoms with Crippen molar-refractivity contribution in [2.24, 2.45) is 23.7 Å². The zero-order chi connectivity index (χ0) is 43.4. The number of amides is 4. The van der Waals surface area contributed by atoms with Crippen LogP contribution >= 0.6 is 0 Å². The molecule has 9 atom stereocenters. The molecule has 324 valence electrons. The second-order valence-electron chi connectivity index (χ2n) is 17.2. The summed E-state index contributed by atoms with van der Waals surface area (Å²) in [6.45, 7) is 18.9. The van der Waals surface area contributed by atoms with Gasteiger partial charge >= 0.3 is 5.97 Å². The van der Waals surface area contributed by atoms with E-state index in [0.29, 0.717) is 25.8 Å². The molecule has 3 N–H and O–H groups in total. The Bertz CT molecular complexity index is 1490. The van der Waals surface area contributed by atoms with Crippen LogP contribution < -0.4 is 16.0 Å². The molecule has 1 aliphatic rings. The van der Waals surface area contributed by atoms with Gasteiger partial charge in [-0.25, -0.2) is 9.18 Å². The maximum Gasteiger partial charge on any atom is 0.329 e. The molecule has 1 fully saturated rings. The lowest BCUT2D eigenvalue weighted by molar-refractivity contribution is -0.159. The van der Waals surface area contributed by atoms with E-state index in [1.807, 2.05) is 41.5 Å². The van der Waals surface area contributed by atoms with Crippen molar-refractivity contribution < 1.29 is 42.6 Å². The maximum atomic E-state index is 14.7. The predicted molar refractivity (Wildman–Crippen MR) is 218 cm³/mol. The van der Waals surface area contributed by atoms with E-state index in [1.54, 1.807) is 69.8 Å². The summed E-state index contributed by atoms with van der Waals surface area (Å²) in [6, 6.07) is 2.67. The predicted octanol–water partition coefficient (Wildman–Crippen LogP) is 4.50. The van der Waals surface area contributed by atoms with Crippen molar-refractivity contribution in [3.05, 3.63) is 35.6 Å². The van der Waals surface area contributed by atoms with E-state index in [1.165, 1.54) is 20.3 Å². The average molecular weight is 806 g/mol. The fraction of sp³-hybridized carbons (Fsp3) is 0.744. The minimum atomic E-state index is -1.17. The molecule has 0 aromatic heterocycles. The molecule has 0 radical (unpaired) electrons. The van der Waals surface area contributed by atoms with Gasteiger partial charge in [0.15, 0.2) is 0 Å². The number of hydrogen-bond donors (Lipinski definition) is 3. The summed E-state index contributed by atoms with van der Waals surface area (Å²) in [5.74, 6) is -3.49. The number of likely N-dealkylation sites (tertiary alicyclic amines) is 1. The zero-order valence-electron chi connectivity index (χ0n) is 36.9. The normalized spacial score (nSPS) is 18.9. The third-order valence-electron chi connectivity index (χ3n) is 11.1. The first kappa shape index (κ1) is 49.5. The van der Waals surface area contributed by atoms with Gasteiger partial charge in [-0.2, -0.15) is 0 Å². The third-order valence-corrected chi connectivity index (χ3v) is 11.1. The minimum Gasteiger partial charge on any atom is -0.458 e. The van der Waals surface area contributed by atoms with Gasteiger partial charge in [0, 0.05) is 34.2 Å². The first-order valence-electron chi connectivity index (χ1n) is 20.5. The number of rotatable bonds is 21. The Morgan fingerprint density at radius 2 is 1.54 bits per heavy atom. The van der Waals surface area contributed by atoms with E-state index >= 15 is 0 Å². The number of halogens is 1. The highest BCUT2D eigenvalue weighted by Crippen LogP contribution is 2.30. The number of ether oxygens (including phenoxy) is 3. The first-order valence-corrected chi connectivity index (χ1v) is 20.5. The van der Waals surface area contributed by atoms with Crippen LogP contribution in [0.3, 0.4) is 0 Å². The molecule has 13 nitrogen and oxygen atoms in total. The lowest BCUT2D eigenvalue weighted by Gasteiger charge is -2.41. The second-order valence-corrected chi connectivity index (χ2v) is 17.2. The number of likely N-dealkylation sites (N-methyl/N-ethyl adjacent to an activating group) is 2. The highest BCUT2D eigenvalue weighted by Gasteiger charge is 2.43. The number of nitrogens with one attached hydrogen (secondary N) is 3. The number of nitrogens with zero attached hydrogens (tertiary/aromatic N) is 2. The lowest BCUT2D eigenvalue weighted by Crippen LogP contribution is -2.59. The fourth-order valence-corrected chi connectivity index (χ4v) is 7.80. The molecule has 4 amide bonds. The highest BCUT2D eigenvalue weighted by atomic mass is 19.1. The second kappa shape index (κ2) is 22.5. The van der Waals surface area contributed by atoms with Crippen LogP contribution in [0, 0.1) is 29.5 Å². The molecular weight excluding hydrogens is 733 g/mol. The Morgan fingerprint density at radius 3 is 2.05 bits per heavy atom. The highest BCUT2D eigenvalue weighted by molar-refractivity contribution is 5.90. The van der Waals surface area contributed by atoms with Crippen LogP contribution in [0.2, 0.25) is 0 Å². The molecule has 0 aliphatic carbocycles. The molecule has 1 saturated heterocycles. The molecule has 1 aromatic rings. The van der Waals surface area contributed by atoms with Crippen LogP contribution in [0.15, 0.2) is 24.3 Å². The number of carbonyl (C=O) groups excluding carboxylic acids is 5. The van der Waals surface area contributed by atoms with Gasteiger partial charge in [0.2, 0.25) is 23.6 Å². The van der Waals surface area contributed by atoms with E-state index in [0.717, 1.165) is 0 Å². The minimum absolute atomic E-state index is 0.0107. The summed E-state index contributed by atoms with van der Waals surface area (Å²) in [5.41, 5.74) is -0.585. The Kier molecular flexibility index (Phi) is 19.6. The Balaban J connectivity index is 2.32. The molecule has 1 aromatic carbocycles. The summed E-state index contributed by atoms with van der Waals surface area (Å²) < 4.78 is 32.2. The van der Waals surface area contributed by atoms with Gasteiger partial charge in [0.1, 0.15) is 23.5 Å². The monoisotopic (exact) mass is 806 g/mol. The van der Waals surface area contributed by atoms with Crippen molar-refractivity contribution in [1.82, 2.24) is 25.8 Å². The van der Waals surface area contributed by atoms with Crippen molar-refractivity contribution in [3.63, 3.8) is 0 Å². The summed E-state index contributed by atoms with van der Waals surface area (Å²) >= 11 is 0. The molecule has 0 unspecified atom stereocenters. The molecule has 1 heterocycles. The number of hydrogen-bond acceptors (Lipinski definition) is 9. The molecule has 1 aliphatic heterocycles. The largest absolute Gasteiger partial charge is 0.458 e. The molecule has 57 heavy (non-hydrogen) atoms. The number of methoxy groups -OCH3 is 2. The van der Waals surface area contributed by atoms with Crippen LogP contribution in [0.1, 0.15) is 100 Å². The SMILES string of the molecule is CC[C@H](C)[C@@H]([C@@H](CC(=O)N1CCC[C@H]1[C@H](OC)[C@@H](C)C(=O)N[C@@H](Cc1ccccc1F)C(=O)OC(C)(C)C)OC)N(C)C(=O)[C@@H](NC(=O)[C@@H](NC)C(C)C)C(C)C. The lowest BCUT2D eigenvalue weighted by atomic mass is 9.89. The quantitative estimate of drug-likeness (QED) is 0.153. The van der Waals surface area contributed by atoms with Gasteiger partial charge in [0.05, 0.1) is 42.7 Å². The van der Waals surface area contributed by atoms with E-state index < -0.39 is 71.6 Å². The molecule has 14 heteroatoms. The van der Waals surface area contributed by atoms with E-state index in [2.05, 4.69) is 16.0 Å². The standard InChI is InChI=1S/C43H72FN5O8/c1-15-27(6)37(48(12)41(53)36(26(4)5)47-40(52)35(45-11)25(2)3)33(55-13)24-34(50)49-22-18-21-32(49)38(56-14)28(7)39(51)46-31(42(54)57-43(8,9)10)23-29-19-16-17-20-30(29)44/h16-17,19-20,25-28,31-33,35-38,45H,15,18,21-24H2,1-14H3,(H,46,51)(H,47,52)/t27-,28+,31-,32-,33+,35-,36-,37-,38+/m0/s1. The summed E-state index contributed by atoms with van der Waals surface area (Å²) in [6.07, 6.45) is 0.408. The van der Waals surface area contributed by atoms with Crippen molar-refractivity contribution in [1.29, 1.82) is 0 Å². The van der Waals surface area contributed by atoms with Crippen molar-refractivity contribution in [3.8, 4) is 0 Å². The fourth-order valence-electron chi connectivity index (χ4n) is 7.80. The van der Waals surface area contributed by atoms with Crippen LogP contribution in [0.5, 0.6) is 0 Å². The Labute approximate surface area is 340 Å². The zero-order valence-corrected chi connectivity index (χ0v) is 36.9. The van der Waals surface area contributed by atoms with Crippen LogP contribution in [0.4, 0.5) is 4.39 Å². The van der Waals surface area contributed by atoms with Gasteiger partial charge in [-0.3, -0.25) is 19.2 Å². The molecular formula is C43H72FN5O8. The van der Waals surface area contributed by atoms with Crippen molar-refractivity contribution >= 4 is 29.6 Å². The molecule has 0 saturated carbocycles. The number of carbonyl (C=O) groups is 5. The third kappa shape index (κ3) is 13.7. The molecule has 2 rings (SSSR count). The Morgan fingerprint density at radius 1 is 0.930 bits per heavy atom. The van der Waals surface area contributed by atoms with Gasteiger partial charge < -0.3 is 40.0 Å². The molecule has 0 spiro atoms. The Hall–Kier alpha value is -3.62. The van der Waals surface area contributed by atoms with Gasteiger partial charge in [-0.15, -0.1) is 0 Å². The first-order chi connectivity index (χ1) is 26.6.